The van der Waals surface area contributed by atoms with E-state index in [1.165, 1.54) is 0 Å². The summed E-state index contributed by atoms with van der Waals surface area (Å²) in [6.07, 6.45) is 1.93. The van der Waals surface area contributed by atoms with Crippen LogP contribution in [-0.4, -0.2) is 46.7 Å². The van der Waals surface area contributed by atoms with Crippen molar-refractivity contribution in [1.29, 1.82) is 0 Å². The Hall–Kier alpha value is -1.40. The van der Waals surface area contributed by atoms with Gasteiger partial charge < -0.3 is 11.1 Å². The molecule has 4 N–H and O–H groups in total. The number of nitrogens with one attached hydrogen (secondary N) is 2. The smallest absolute Gasteiger partial charge is 0.239 e. The number of carbonyl (C=O) groups is 1. The highest BCUT2D eigenvalue weighted by Crippen LogP contribution is 2.08. The van der Waals surface area contributed by atoms with Gasteiger partial charge in [0.05, 0.1) is 6.54 Å². The molecule has 0 unspecified atom stereocenters. The van der Waals surface area contributed by atoms with Crippen LogP contribution in [-0.2, 0) is 4.79 Å². The van der Waals surface area contributed by atoms with E-state index in [9.17, 15) is 4.79 Å². The number of piperidine rings is 1. The molecule has 0 spiro atoms. The lowest BCUT2D eigenvalue weighted by molar-refractivity contribution is -0.117. The third-order valence-electron chi connectivity index (χ3n) is 2.97. The summed E-state index contributed by atoms with van der Waals surface area (Å²) in [5.74, 6) is 0.563. The van der Waals surface area contributed by atoms with Crippen molar-refractivity contribution in [2.75, 3.05) is 25.0 Å². The molecule has 2 heterocycles. The van der Waals surface area contributed by atoms with E-state index < -0.39 is 0 Å². The van der Waals surface area contributed by atoms with Crippen LogP contribution in [0.25, 0.3) is 0 Å². The topological polar surface area (TPSA) is 87.0 Å². The van der Waals surface area contributed by atoms with Gasteiger partial charge in [0.15, 0.2) is 5.82 Å². The Morgan fingerprint density at radius 1 is 1.65 bits per heavy atom. The van der Waals surface area contributed by atoms with E-state index in [0.717, 1.165) is 31.6 Å². The maximum atomic E-state index is 11.7. The van der Waals surface area contributed by atoms with Gasteiger partial charge in [-0.05, 0) is 19.8 Å². The van der Waals surface area contributed by atoms with Gasteiger partial charge in [-0.25, -0.2) is 0 Å². The first-order chi connectivity index (χ1) is 8.13. The summed E-state index contributed by atoms with van der Waals surface area (Å²) < 4.78 is 0. The molecule has 0 atom stereocenters. The quantitative estimate of drug-likeness (QED) is 0.695. The first-order valence-corrected chi connectivity index (χ1v) is 5.93. The lowest BCUT2D eigenvalue weighted by Crippen LogP contribution is -2.43. The summed E-state index contributed by atoms with van der Waals surface area (Å²) in [6, 6.07) is 2.10. The van der Waals surface area contributed by atoms with Crippen LogP contribution in [0.3, 0.4) is 0 Å². The zero-order chi connectivity index (χ0) is 12.3. The Morgan fingerprint density at radius 3 is 2.94 bits per heavy atom. The molecule has 1 amide bonds. The van der Waals surface area contributed by atoms with Crippen LogP contribution in [0.2, 0.25) is 0 Å². The summed E-state index contributed by atoms with van der Waals surface area (Å²) in [4.78, 5) is 13.9. The summed E-state index contributed by atoms with van der Waals surface area (Å²) in [5.41, 5.74) is 6.75. The molecular formula is C11H19N5O. The molecule has 0 bridgehead atoms. The Balaban J connectivity index is 1.77. The molecule has 2 rings (SSSR count). The van der Waals surface area contributed by atoms with E-state index in [-0.39, 0.29) is 5.91 Å². The fraction of sp³-hybridized carbons (Fsp3) is 0.636. The number of aromatic amines is 1. The predicted molar refractivity (Wildman–Crippen MR) is 65.6 cm³/mol. The average Bonchev–Trinajstić information content (AvgIpc) is 2.67. The lowest BCUT2D eigenvalue weighted by Gasteiger charge is -2.29. The largest absolute Gasteiger partial charge is 0.328 e. The van der Waals surface area contributed by atoms with Crippen LogP contribution in [0.1, 0.15) is 18.5 Å². The van der Waals surface area contributed by atoms with Crippen molar-refractivity contribution >= 4 is 11.7 Å². The monoisotopic (exact) mass is 237 g/mol. The van der Waals surface area contributed by atoms with Crippen LogP contribution >= 0.6 is 0 Å². The van der Waals surface area contributed by atoms with Gasteiger partial charge in [-0.15, -0.1) is 0 Å². The Labute approximate surface area is 101 Å². The Morgan fingerprint density at radius 2 is 2.35 bits per heavy atom. The standard InChI is InChI=1S/C11H19N5O/c1-8-6-10(15-14-8)13-11(17)7-16-4-2-9(12)3-5-16/h6,9H,2-5,7,12H2,1H3,(H2,13,14,15,17). The predicted octanol–water partition coefficient (Wildman–Crippen LogP) is 0.0797. The number of H-pyrrole nitrogens is 1. The molecule has 0 aromatic carbocycles. The third-order valence-corrected chi connectivity index (χ3v) is 2.97. The maximum Gasteiger partial charge on any atom is 0.239 e. The molecule has 6 heteroatoms. The molecule has 1 aromatic rings. The summed E-state index contributed by atoms with van der Waals surface area (Å²) in [5, 5.41) is 9.52. The van der Waals surface area contributed by atoms with Crippen molar-refractivity contribution in [2.24, 2.45) is 5.73 Å². The van der Waals surface area contributed by atoms with Gasteiger partial charge in [-0.2, -0.15) is 5.10 Å². The van der Waals surface area contributed by atoms with Gasteiger partial charge in [0.2, 0.25) is 5.91 Å². The van der Waals surface area contributed by atoms with E-state index in [1.54, 1.807) is 0 Å². The van der Waals surface area contributed by atoms with Gasteiger partial charge >= 0.3 is 0 Å². The fourth-order valence-electron chi connectivity index (χ4n) is 1.98. The minimum atomic E-state index is -0.0213. The number of nitrogens with two attached hydrogens (primary N) is 1. The molecule has 1 fully saturated rings. The minimum Gasteiger partial charge on any atom is -0.328 e. The van der Waals surface area contributed by atoms with Gasteiger partial charge in [0.25, 0.3) is 0 Å². The van der Waals surface area contributed by atoms with E-state index in [0.29, 0.717) is 18.4 Å². The van der Waals surface area contributed by atoms with Crippen molar-refractivity contribution in [1.82, 2.24) is 15.1 Å². The zero-order valence-electron chi connectivity index (χ0n) is 10.1. The maximum absolute atomic E-state index is 11.7. The van der Waals surface area contributed by atoms with E-state index in [2.05, 4.69) is 20.4 Å². The number of rotatable bonds is 3. The third kappa shape index (κ3) is 3.54. The number of nitrogens with zero attached hydrogens (tertiary/aromatic N) is 2. The van der Waals surface area contributed by atoms with E-state index in [4.69, 9.17) is 5.73 Å². The average molecular weight is 237 g/mol. The van der Waals surface area contributed by atoms with Crippen molar-refractivity contribution in [3.05, 3.63) is 11.8 Å². The number of hydrogen-bond acceptors (Lipinski definition) is 4. The first-order valence-electron chi connectivity index (χ1n) is 5.93. The number of hydrogen-bond donors (Lipinski definition) is 3. The highest BCUT2D eigenvalue weighted by molar-refractivity contribution is 5.91. The highest BCUT2D eigenvalue weighted by Gasteiger charge is 2.18. The first kappa shape index (κ1) is 12.1. The number of carbonyl (C=O) groups excluding carboxylic acids is 1. The second-order valence-corrected chi connectivity index (χ2v) is 4.60. The molecule has 1 aliphatic heterocycles. The van der Waals surface area contributed by atoms with E-state index in [1.807, 2.05) is 13.0 Å². The SMILES string of the molecule is Cc1cc(NC(=O)CN2CCC(N)CC2)n[nH]1. The fourth-order valence-corrected chi connectivity index (χ4v) is 1.98. The molecule has 1 aromatic heterocycles. The van der Waals surface area contributed by atoms with Crippen LogP contribution in [0.4, 0.5) is 5.82 Å². The molecule has 1 saturated heterocycles. The molecule has 17 heavy (non-hydrogen) atoms. The molecule has 94 valence electrons. The Bertz CT molecular complexity index is 381. The molecule has 1 aliphatic rings. The number of aromatic nitrogens is 2. The van der Waals surface area contributed by atoms with Gasteiger partial charge in [-0.3, -0.25) is 14.8 Å². The lowest BCUT2D eigenvalue weighted by atomic mass is 10.1. The van der Waals surface area contributed by atoms with Gasteiger partial charge in [-0.1, -0.05) is 0 Å². The minimum absolute atomic E-state index is 0.0213. The van der Waals surface area contributed by atoms with Crippen LogP contribution < -0.4 is 11.1 Å². The zero-order valence-corrected chi connectivity index (χ0v) is 10.1. The normalized spacial score (nSPS) is 18.2. The van der Waals surface area contributed by atoms with Crippen molar-refractivity contribution in [3.8, 4) is 0 Å². The highest BCUT2D eigenvalue weighted by atomic mass is 16.2. The summed E-state index contributed by atoms with van der Waals surface area (Å²) in [7, 11) is 0. The second kappa shape index (κ2) is 5.29. The molecular weight excluding hydrogens is 218 g/mol. The molecule has 0 saturated carbocycles. The number of likely N-dealkylation sites (tertiary alicyclic amines) is 1. The van der Waals surface area contributed by atoms with Gasteiger partial charge in [0, 0.05) is 30.9 Å². The van der Waals surface area contributed by atoms with Crippen molar-refractivity contribution in [2.45, 2.75) is 25.8 Å². The number of aryl methyl sites for hydroxylation is 1. The van der Waals surface area contributed by atoms with Crippen LogP contribution in [0.5, 0.6) is 0 Å². The molecule has 0 aliphatic carbocycles. The van der Waals surface area contributed by atoms with E-state index >= 15 is 0 Å². The number of amides is 1. The molecule has 6 nitrogen and oxygen atoms in total. The molecule has 0 radical (unpaired) electrons. The second-order valence-electron chi connectivity index (χ2n) is 4.60. The summed E-state index contributed by atoms with van der Waals surface area (Å²) in [6.45, 7) is 4.11. The van der Waals surface area contributed by atoms with Crippen molar-refractivity contribution in [3.63, 3.8) is 0 Å². The van der Waals surface area contributed by atoms with Crippen LogP contribution in [0, 0.1) is 6.92 Å². The Kier molecular flexibility index (Phi) is 3.75. The van der Waals surface area contributed by atoms with Crippen LogP contribution in [0.15, 0.2) is 6.07 Å². The van der Waals surface area contributed by atoms with Crippen molar-refractivity contribution < 1.29 is 4.79 Å². The number of anilines is 1. The van der Waals surface area contributed by atoms with Gasteiger partial charge in [0.1, 0.15) is 0 Å². The summed E-state index contributed by atoms with van der Waals surface area (Å²) >= 11 is 0.